The molecule has 3 rings (SSSR count). The van der Waals surface area contributed by atoms with Crippen LogP contribution in [0, 0.1) is 5.41 Å². The van der Waals surface area contributed by atoms with Crippen molar-refractivity contribution in [3.05, 3.63) is 22.7 Å². The van der Waals surface area contributed by atoms with Crippen molar-refractivity contribution >= 4 is 27.5 Å². The van der Waals surface area contributed by atoms with Gasteiger partial charge in [0.15, 0.2) is 0 Å². The molecular weight excluding hydrogens is 258 g/mol. The summed E-state index contributed by atoms with van der Waals surface area (Å²) in [6, 6.07) is 5.66. The van der Waals surface area contributed by atoms with Gasteiger partial charge in [0.25, 0.3) is 0 Å². The third-order valence-corrected chi connectivity index (χ3v) is 3.52. The molecule has 2 aliphatic rings. The lowest BCUT2D eigenvalue weighted by atomic mass is 10.1. The van der Waals surface area contributed by atoms with Crippen molar-refractivity contribution in [1.82, 2.24) is 0 Å². The number of hydrogen-bond donors (Lipinski definition) is 1. The number of anilines is 1. The quantitative estimate of drug-likeness (QED) is 0.785. The smallest absolute Gasteiger partial charge is 0.234 e. The van der Waals surface area contributed by atoms with Crippen molar-refractivity contribution in [3.63, 3.8) is 0 Å². The van der Waals surface area contributed by atoms with Crippen LogP contribution in [-0.2, 0) is 4.79 Å². The van der Waals surface area contributed by atoms with E-state index in [4.69, 9.17) is 4.74 Å². The van der Waals surface area contributed by atoms with E-state index < -0.39 is 0 Å². The van der Waals surface area contributed by atoms with Gasteiger partial charge in [-0.05, 0) is 31.0 Å². The Morgan fingerprint density at radius 2 is 2.20 bits per heavy atom. The molecular formula is C11H10BrNO2. The normalized spacial score (nSPS) is 21.3. The highest BCUT2D eigenvalue weighted by Crippen LogP contribution is 2.49. The Balaban J connectivity index is 2.00. The van der Waals surface area contributed by atoms with E-state index in [1.807, 2.05) is 18.2 Å². The molecule has 1 spiro atoms. The van der Waals surface area contributed by atoms with Gasteiger partial charge in [0.2, 0.25) is 5.91 Å². The number of benzene rings is 1. The zero-order valence-corrected chi connectivity index (χ0v) is 9.63. The van der Waals surface area contributed by atoms with E-state index in [2.05, 4.69) is 21.2 Å². The van der Waals surface area contributed by atoms with E-state index in [1.54, 1.807) is 0 Å². The highest BCUT2D eigenvalue weighted by Gasteiger charge is 2.52. The van der Waals surface area contributed by atoms with Crippen LogP contribution >= 0.6 is 15.9 Å². The Morgan fingerprint density at radius 1 is 1.40 bits per heavy atom. The van der Waals surface area contributed by atoms with Crippen molar-refractivity contribution in [2.24, 2.45) is 5.41 Å². The number of carbonyl (C=O) groups excluding carboxylic acids is 1. The maximum atomic E-state index is 11.9. The molecule has 15 heavy (non-hydrogen) atoms. The van der Waals surface area contributed by atoms with Crippen molar-refractivity contribution in [3.8, 4) is 5.75 Å². The summed E-state index contributed by atoms with van der Waals surface area (Å²) in [5.41, 5.74) is 0.518. The Hall–Kier alpha value is -1.03. The van der Waals surface area contributed by atoms with Crippen molar-refractivity contribution < 1.29 is 9.53 Å². The molecule has 1 amide bonds. The maximum Gasteiger partial charge on any atom is 0.234 e. The molecule has 1 aromatic rings. The Bertz CT molecular complexity index is 440. The monoisotopic (exact) mass is 267 g/mol. The molecule has 78 valence electrons. The second kappa shape index (κ2) is 2.98. The third-order valence-electron chi connectivity index (χ3n) is 3.03. The number of nitrogens with one attached hydrogen (secondary N) is 1. The van der Waals surface area contributed by atoms with Crippen LogP contribution in [0.25, 0.3) is 0 Å². The second-order valence-corrected chi connectivity index (χ2v) is 5.08. The van der Waals surface area contributed by atoms with E-state index in [-0.39, 0.29) is 11.3 Å². The summed E-state index contributed by atoms with van der Waals surface area (Å²) in [5.74, 6) is 0.856. The Kier molecular flexibility index (Phi) is 1.83. The van der Waals surface area contributed by atoms with Crippen LogP contribution in [-0.4, -0.2) is 12.5 Å². The van der Waals surface area contributed by atoms with E-state index in [0.29, 0.717) is 6.61 Å². The van der Waals surface area contributed by atoms with E-state index in [0.717, 1.165) is 28.8 Å². The van der Waals surface area contributed by atoms with Gasteiger partial charge >= 0.3 is 0 Å². The Labute approximate surface area is 95.9 Å². The molecule has 1 aliphatic carbocycles. The standard InChI is InChI=1S/C11H10BrNO2/c12-7-1-2-9-8(5-7)13-10(14)11(3-4-11)6-15-9/h1-2,5H,3-4,6H2,(H,13,14). The van der Waals surface area contributed by atoms with Crippen LogP contribution in [0.2, 0.25) is 0 Å². The first-order valence-electron chi connectivity index (χ1n) is 4.93. The van der Waals surface area contributed by atoms with Gasteiger partial charge in [-0.3, -0.25) is 4.79 Å². The minimum Gasteiger partial charge on any atom is -0.490 e. The predicted octanol–water partition coefficient (Wildman–Crippen LogP) is 2.56. The molecule has 1 aromatic carbocycles. The van der Waals surface area contributed by atoms with Gasteiger partial charge in [-0.15, -0.1) is 0 Å². The minimum absolute atomic E-state index is 0.0966. The van der Waals surface area contributed by atoms with Crippen LogP contribution in [0.4, 0.5) is 5.69 Å². The largest absolute Gasteiger partial charge is 0.490 e. The molecule has 0 atom stereocenters. The first-order valence-corrected chi connectivity index (χ1v) is 5.73. The maximum absolute atomic E-state index is 11.9. The number of amides is 1. The molecule has 3 nitrogen and oxygen atoms in total. The lowest BCUT2D eigenvalue weighted by Crippen LogP contribution is -2.26. The fraction of sp³-hybridized carbons (Fsp3) is 0.364. The summed E-state index contributed by atoms with van der Waals surface area (Å²) in [7, 11) is 0. The van der Waals surface area contributed by atoms with Gasteiger partial charge in [0.05, 0.1) is 11.1 Å². The van der Waals surface area contributed by atoms with E-state index >= 15 is 0 Å². The first-order chi connectivity index (χ1) is 7.20. The highest BCUT2D eigenvalue weighted by atomic mass is 79.9. The SMILES string of the molecule is O=C1Nc2cc(Br)ccc2OCC12CC2. The third kappa shape index (κ3) is 1.44. The summed E-state index contributed by atoms with van der Waals surface area (Å²) in [5, 5.41) is 2.92. The minimum atomic E-state index is -0.245. The molecule has 0 saturated heterocycles. The number of ether oxygens (including phenoxy) is 1. The lowest BCUT2D eigenvalue weighted by molar-refractivity contribution is -0.121. The molecule has 4 heteroatoms. The molecule has 0 unspecified atom stereocenters. The summed E-state index contributed by atoms with van der Waals surface area (Å²) < 4.78 is 6.59. The fourth-order valence-corrected chi connectivity index (χ4v) is 2.15. The molecule has 1 N–H and O–H groups in total. The number of carbonyl (C=O) groups is 1. The number of hydrogen-bond acceptors (Lipinski definition) is 2. The van der Waals surface area contributed by atoms with Crippen LogP contribution < -0.4 is 10.1 Å². The predicted molar refractivity (Wildman–Crippen MR) is 59.9 cm³/mol. The summed E-state index contributed by atoms with van der Waals surface area (Å²) >= 11 is 3.37. The second-order valence-electron chi connectivity index (χ2n) is 4.16. The molecule has 1 aliphatic heterocycles. The average Bonchev–Trinajstić information content (AvgIpc) is 2.98. The van der Waals surface area contributed by atoms with Crippen molar-refractivity contribution in [1.29, 1.82) is 0 Å². The number of fused-ring (bicyclic) bond motifs is 1. The summed E-state index contributed by atoms with van der Waals surface area (Å²) in [6.45, 7) is 0.507. The number of rotatable bonds is 0. The van der Waals surface area contributed by atoms with Gasteiger partial charge in [0.1, 0.15) is 12.4 Å². The molecule has 1 saturated carbocycles. The topological polar surface area (TPSA) is 38.3 Å². The number of halogens is 1. The zero-order valence-electron chi connectivity index (χ0n) is 8.05. The van der Waals surface area contributed by atoms with Crippen LogP contribution in [0.3, 0.4) is 0 Å². The van der Waals surface area contributed by atoms with E-state index in [1.165, 1.54) is 0 Å². The highest BCUT2D eigenvalue weighted by molar-refractivity contribution is 9.10. The van der Waals surface area contributed by atoms with Gasteiger partial charge < -0.3 is 10.1 Å². The summed E-state index contributed by atoms with van der Waals surface area (Å²) in [4.78, 5) is 11.9. The molecule has 0 aromatic heterocycles. The molecule has 0 bridgehead atoms. The summed E-state index contributed by atoms with van der Waals surface area (Å²) in [6.07, 6.45) is 1.88. The van der Waals surface area contributed by atoms with Gasteiger partial charge in [-0.25, -0.2) is 0 Å². The average molecular weight is 268 g/mol. The Morgan fingerprint density at radius 3 is 2.93 bits per heavy atom. The van der Waals surface area contributed by atoms with Crippen LogP contribution in [0.5, 0.6) is 5.75 Å². The van der Waals surface area contributed by atoms with Crippen molar-refractivity contribution in [2.75, 3.05) is 11.9 Å². The van der Waals surface area contributed by atoms with E-state index in [9.17, 15) is 4.79 Å². The zero-order chi connectivity index (χ0) is 10.5. The van der Waals surface area contributed by atoms with Gasteiger partial charge in [0, 0.05) is 4.47 Å². The van der Waals surface area contributed by atoms with Gasteiger partial charge in [-0.1, -0.05) is 15.9 Å². The van der Waals surface area contributed by atoms with Crippen LogP contribution in [0.1, 0.15) is 12.8 Å². The molecule has 1 heterocycles. The molecule has 1 fully saturated rings. The lowest BCUT2D eigenvalue weighted by Gasteiger charge is -2.08. The van der Waals surface area contributed by atoms with Crippen LogP contribution in [0.15, 0.2) is 22.7 Å². The molecule has 0 radical (unpaired) electrons. The van der Waals surface area contributed by atoms with Crippen molar-refractivity contribution in [2.45, 2.75) is 12.8 Å². The van der Waals surface area contributed by atoms with Gasteiger partial charge in [-0.2, -0.15) is 0 Å². The fourth-order valence-electron chi connectivity index (χ4n) is 1.78. The first kappa shape index (κ1) is 9.21.